The van der Waals surface area contributed by atoms with Crippen molar-refractivity contribution in [1.29, 1.82) is 0 Å². The molecule has 0 amide bonds. The zero-order valence-electron chi connectivity index (χ0n) is 16.7. The molecule has 4 rings (SSSR count). The van der Waals surface area contributed by atoms with Crippen LogP contribution in [0.1, 0.15) is 51.4 Å². The van der Waals surface area contributed by atoms with Crippen molar-refractivity contribution in [2.45, 2.75) is 57.1 Å². The van der Waals surface area contributed by atoms with E-state index in [9.17, 15) is 8.42 Å². The first-order chi connectivity index (χ1) is 13.4. The van der Waals surface area contributed by atoms with Crippen LogP contribution >= 0.6 is 0 Å². The van der Waals surface area contributed by atoms with Gasteiger partial charge in [-0.05, 0) is 44.2 Å². The molecule has 4 aliphatic rings. The number of hydrogen-bond donors (Lipinski definition) is 3. The van der Waals surface area contributed by atoms with E-state index >= 15 is 0 Å². The van der Waals surface area contributed by atoms with Gasteiger partial charge in [0.25, 0.3) is 0 Å². The van der Waals surface area contributed by atoms with Crippen LogP contribution in [0, 0.1) is 5.41 Å². The number of hydrogen-bond acceptors (Lipinski definition) is 6. The Morgan fingerprint density at radius 3 is 2.93 bits per heavy atom. The highest BCUT2D eigenvalue weighted by atomic mass is 32.2. The van der Waals surface area contributed by atoms with Crippen LogP contribution in [-0.4, -0.2) is 44.9 Å². The molecule has 3 aliphatic heterocycles. The molecule has 1 spiro atoms. The second-order valence-electron chi connectivity index (χ2n) is 8.46. The minimum Gasteiger partial charge on any atom is -0.474 e. The first-order valence-electron chi connectivity index (χ1n) is 10.4. The van der Waals surface area contributed by atoms with Crippen molar-refractivity contribution < 1.29 is 13.2 Å². The molecule has 1 aliphatic carbocycles. The maximum Gasteiger partial charge on any atom is 0.208 e. The van der Waals surface area contributed by atoms with E-state index in [0.29, 0.717) is 26.1 Å². The number of nitrogens with one attached hydrogen (secondary N) is 2. The molecule has 4 N–H and O–H groups in total. The van der Waals surface area contributed by atoms with Crippen LogP contribution in [0.15, 0.2) is 35.5 Å². The van der Waals surface area contributed by atoms with Crippen LogP contribution in [0.4, 0.5) is 0 Å². The molecule has 3 heterocycles. The highest BCUT2D eigenvalue weighted by Gasteiger charge is 2.58. The standard InChI is InChI=1S/C20H32N4O3S/c1-28(25,26)23-12-11-22-20(9-10-21)15-19-8-4-2-6-16(19)14-24-13-5-3-7-17(24)18(19)27-20/h5,13-14,22-23H,2-4,6-12,15,21H2,1H3. The predicted molar refractivity (Wildman–Crippen MR) is 109 cm³/mol. The molecule has 156 valence electrons. The van der Waals surface area contributed by atoms with Gasteiger partial charge in [-0.1, -0.05) is 12.5 Å². The summed E-state index contributed by atoms with van der Waals surface area (Å²) in [6.45, 7) is 1.37. The Morgan fingerprint density at radius 1 is 1.29 bits per heavy atom. The van der Waals surface area contributed by atoms with E-state index in [1.807, 2.05) is 0 Å². The molecule has 0 aromatic rings. The van der Waals surface area contributed by atoms with Gasteiger partial charge in [0.2, 0.25) is 10.0 Å². The Morgan fingerprint density at radius 2 is 2.14 bits per heavy atom. The lowest BCUT2D eigenvalue weighted by molar-refractivity contribution is -0.000721. The van der Waals surface area contributed by atoms with Crippen LogP contribution in [0.25, 0.3) is 0 Å². The van der Waals surface area contributed by atoms with Gasteiger partial charge in [-0.25, -0.2) is 13.1 Å². The number of nitrogens with two attached hydrogens (primary N) is 1. The third-order valence-electron chi connectivity index (χ3n) is 6.40. The summed E-state index contributed by atoms with van der Waals surface area (Å²) in [5, 5.41) is 3.52. The van der Waals surface area contributed by atoms with Crippen molar-refractivity contribution in [2.75, 3.05) is 25.9 Å². The van der Waals surface area contributed by atoms with E-state index in [4.69, 9.17) is 10.5 Å². The van der Waals surface area contributed by atoms with Crippen molar-refractivity contribution in [3.63, 3.8) is 0 Å². The average Bonchev–Trinajstić information content (AvgIpc) is 2.97. The van der Waals surface area contributed by atoms with Gasteiger partial charge in [0, 0.05) is 38.3 Å². The molecule has 1 saturated heterocycles. The molecule has 8 heteroatoms. The maximum atomic E-state index is 11.4. The first kappa shape index (κ1) is 19.9. The lowest BCUT2D eigenvalue weighted by Gasteiger charge is -2.42. The van der Waals surface area contributed by atoms with Crippen LogP contribution < -0.4 is 15.8 Å². The summed E-state index contributed by atoms with van der Waals surface area (Å²) in [5.74, 6) is 1.13. The van der Waals surface area contributed by atoms with Crippen LogP contribution in [0.3, 0.4) is 0 Å². The molecule has 0 aromatic carbocycles. The van der Waals surface area contributed by atoms with Gasteiger partial charge in [-0.15, -0.1) is 0 Å². The molecule has 2 fully saturated rings. The SMILES string of the molecule is CS(=O)(=O)NCCNC1(CCN)CC23CCCCC2=CN2C=CCCC2=C3O1. The summed E-state index contributed by atoms with van der Waals surface area (Å²) >= 11 is 0. The zero-order valence-corrected chi connectivity index (χ0v) is 17.5. The normalized spacial score (nSPS) is 31.8. The molecule has 28 heavy (non-hydrogen) atoms. The van der Waals surface area contributed by atoms with Crippen LogP contribution in [0.2, 0.25) is 0 Å². The summed E-state index contributed by atoms with van der Waals surface area (Å²) in [4.78, 5) is 2.25. The van der Waals surface area contributed by atoms with E-state index < -0.39 is 15.7 Å². The summed E-state index contributed by atoms with van der Waals surface area (Å²) < 4.78 is 32.0. The van der Waals surface area contributed by atoms with E-state index in [1.165, 1.54) is 30.4 Å². The van der Waals surface area contributed by atoms with Gasteiger partial charge in [0.1, 0.15) is 5.76 Å². The molecule has 0 bridgehead atoms. The van der Waals surface area contributed by atoms with Crippen molar-refractivity contribution in [3.8, 4) is 0 Å². The summed E-state index contributed by atoms with van der Waals surface area (Å²) in [5.41, 5.74) is 8.16. The highest BCUT2D eigenvalue weighted by molar-refractivity contribution is 7.88. The van der Waals surface area contributed by atoms with Crippen molar-refractivity contribution in [2.24, 2.45) is 11.1 Å². The monoisotopic (exact) mass is 408 g/mol. The molecule has 2 atom stereocenters. The maximum absolute atomic E-state index is 11.4. The number of ether oxygens (including phenoxy) is 1. The molecule has 0 radical (unpaired) electrons. The van der Waals surface area contributed by atoms with Gasteiger partial charge in [-0.2, -0.15) is 0 Å². The average molecular weight is 409 g/mol. The second-order valence-corrected chi connectivity index (χ2v) is 10.3. The van der Waals surface area contributed by atoms with Gasteiger partial charge >= 0.3 is 0 Å². The minimum atomic E-state index is -3.20. The second kappa shape index (κ2) is 7.48. The Bertz CT molecular complexity index is 819. The number of rotatable bonds is 7. The Kier molecular flexibility index (Phi) is 5.33. The molecular weight excluding hydrogens is 376 g/mol. The fourth-order valence-electron chi connectivity index (χ4n) is 5.26. The van der Waals surface area contributed by atoms with Gasteiger partial charge < -0.3 is 15.4 Å². The number of fused-ring (bicyclic) bond motifs is 1. The fraction of sp³-hybridized carbons (Fsp3) is 0.700. The molecule has 7 nitrogen and oxygen atoms in total. The highest BCUT2D eigenvalue weighted by Crippen LogP contribution is 2.61. The summed E-state index contributed by atoms with van der Waals surface area (Å²) in [7, 11) is -3.20. The van der Waals surface area contributed by atoms with Crippen LogP contribution in [0.5, 0.6) is 0 Å². The smallest absolute Gasteiger partial charge is 0.208 e. The number of sulfonamides is 1. The third-order valence-corrected chi connectivity index (χ3v) is 7.13. The molecule has 2 unspecified atom stereocenters. The largest absolute Gasteiger partial charge is 0.474 e. The molecular formula is C20H32N4O3S. The topological polar surface area (TPSA) is 96.7 Å². The predicted octanol–water partition coefficient (Wildman–Crippen LogP) is 1.87. The fourth-order valence-corrected chi connectivity index (χ4v) is 5.73. The van der Waals surface area contributed by atoms with Crippen molar-refractivity contribution in [3.05, 3.63) is 35.5 Å². The van der Waals surface area contributed by atoms with Gasteiger partial charge in [-0.3, -0.25) is 5.32 Å². The third kappa shape index (κ3) is 3.63. The Hall–Kier alpha value is -1.35. The Balaban J connectivity index is 1.62. The zero-order chi connectivity index (χ0) is 19.8. The van der Waals surface area contributed by atoms with E-state index in [0.717, 1.165) is 37.9 Å². The van der Waals surface area contributed by atoms with Crippen molar-refractivity contribution >= 4 is 10.0 Å². The quantitative estimate of drug-likeness (QED) is 0.557. The van der Waals surface area contributed by atoms with Crippen LogP contribution in [-0.2, 0) is 14.8 Å². The number of allylic oxidation sites excluding steroid dienone is 3. The first-order valence-corrected chi connectivity index (χ1v) is 12.3. The molecule has 1 saturated carbocycles. The molecule has 0 aromatic heterocycles. The minimum absolute atomic E-state index is 0.0261. The van der Waals surface area contributed by atoms with Gasteiger partial charge in [0.15, 0.2) is 5.72 Å². The van der Waals surface area contributed by atoms with E-state index in [1.54, 1.807) is 0 Å². The Labute approximate surface area is 168 Å². The number of nitrogens with zero attached hydrogens (tertiary/aromatic N) is 1. The summed E-state index contributed by atoms with van der Waals surface area (Å²) in [6.07, 6.45) is 16.2. The lowest BCUT2D eigenvalue weighted by atomic mass is 9.65. The van der Waals surface area contributed by atoms with Crippen molar-refractivity contribution in [1.82, 2.24) is 14.9 Å². The summed E-state index contributed by atoms with van der Waals surface area (Å²) in [6, 6.07) is 0. The lowest BCUT2D eigenvalue weighted by Crippen LogP contribution is -2.49. The van der Waals surface area contributed by atoms with Gasteiger partial charge in [0.05, 0.1) is 17.4 Å². The van der Waals surface area contributed by atoms with E-state index in [2.05, 4.69) is 33.4 Å². The van der Waals surface area contributed by atoms with E-state index in [-0.39, 0.29) is 5.41 Å².